The molecule has 0 saturated carbocycles. The van der Waals surface area contributed by atoms with E-state index in [-0.39, 0.29) is 16.7 Å². The number of rotatable bonds is 3. The van der Waals surface area contributed by atoms with Gasteiger partial charge in [0.1, 0.15) is 4.90 Å². The van der Waals surface area contributed by atoms with Gasteiger partial charge in [-0.05, 0) is 49.2 Å². The highest BCUT2D eigenvalue weighted by Gasteiger charge is 2.36. The van der Waals surface area contributed by atoms with Crippen LogP contribution in [-0.2, 0) is 14.8 Å². The summed E-state index contributed by atoms with van der Waals surface area (Å²) in [5.74, 6) is -0.668. The van der Waals surface area contributed by atoms with E-state index >= 15 is 0 Å². The number of nitrogens with zero attached hydrogens (tertiary/aromatic N) is 1. The number of likely N-dealkylation sites (tertiary alicyclic amines) is 1. The summed E-state index contributed by atoms with van der Waals surface area (Å²) in [6, 6.07) is 13.1. The van der Waals surface area contributed by atoms with Crippen LogP contribution in [0.1, 0.15) is 33.6 Å². The van der Waals surface area contributed by atoms with Gasteiger partial charge in [0.2, 0.25) is 10.0 Å². The lowest BCUT2D eigenvalue weighted by Gasteiger charge is -2.39. The van der Waals surface area contributed by atoms with Crippen molar-refractivity contribution in [2.45, 2.75) is 23.9 Å². The number of carbonyl (C=O) groups excluding carboxylic acids is 2. The van der Waals surface area contributed by atoms with Crippen LogP contribution < -0.4 is 10.0 Å². The van der Waals surface area contributed by atoms with Gasteiger partial charge < -0.3 is 15.0 Å². The molecule has 1 fully saturated rings. The zero-order chi connectivity index (χ0) is 21.3. The number of methoxy groups -OCH3 is 1. The fourth-order valence-corrected chi connectivity index (χ4v) is 5.36. The highest BCUT2D eigenvalue weighted by molar-refractivity contribution is 7.89. The number of ether oxygens (including phenoxy) is 1. The molecule has 1 amide bonds. The zero-order valence-electron chi connectivity index (χ0n) is 16.5. The molecule has 30 heavy (non-hydrogen) atoms. The predicted molar refractivity (Wildman–Crippen MR) is 111 cm³/mol. The molecule has 4 rings (SSSR count). The zero-order valence-corrected chi connectivity index (χ0v) is 17.3. The van der Waals surface area contributed by atoms with E-state index in [1.807, 2.05) is 0 Å². The topological polar surface area (TPSA) is 105 Å². The van der Waals surface area contributed by atoms with Crippen molar-refractivity contribution in [3.05, 3.63) is 59.7 Å². The predicted octanol–water partition coefficient (Wildman–Crippen LogP) is 2.06. The Labute approximate surface area is 175 Å². The Kier molecular flexibility index (Phi) is 5.48. The number of hydrogen-bond donors (Lipinski definition) is 2. The van der Waals surface area contributed by atoms with E-state index in [1.54, 1.807) is 53.4 Å². The molecule has 0 radical (unpaired) electrons. The minimum Gasteiger partial charge on any atom is -0.465 e. The van der Waals surface area contributed by atoms with Crippen LogP contribution in [0.4, 0.5) is 5.69 Å². The largest absolute Gasteiger partial charge is 0.465 e. The second-order valence-corrected chi connectivity index (χ2v) is 9.14. The summed E-state index contributed by atoms with van der Waals surface area (Å²) in [5.41, 5.74) is 1.43. The number of para-hydroxylation sites is 1. The molecule has 2 aliphatic rings. The van der Waals surface area contributed by atoms with Crippen LogP contribution in [0.2, 0.25) is 0 Å². The molecule has 2 aliphatic heterocycles. The Bertz CT molecular complexity index is 1070. The fourth-order valence-electron chi connectivity index (χ4n) is 3.98. The molecular formula is C21H23N3O5S. The van der Waals surface area contributed by atoms with Gasteiger partial charge in [-0.25, -0.2) is 13.2 Å². The van der Waals surface area contributed by atoms with Crippen molar-refractivity contribution < 1.29 is 22.7 Å². The molecule has 1 saturated heterocycles. The number of esters is 1. The van der Waals surface area contributed by atoms with Crippen molar-refractivity contribution in [3.8, 4) is 0 Å². The van der Waals surface area contributed by atoms with Crippen molar-refractivity contribution in [2.75, 3.05) is 25.5 Å². The minimum atomic E-state index is -3.61. The third-order valence-corrected chi connectivity index (χ3v) is 7.04. The highest BCUT2D eigenvalue weighted by Crippen LogP contribution is 2.30. The Morgan fingerprint density at radius 2 is 1.77 bits per heavy atom. The standard InChI is InChI=1S/C21H23N3O5S/c1-29-21(26)15-10-8-14(9-11-15)20(25)24-12-4-5-16(13-24)19-22-17-6-2-3-7-18(17)30(27,28)23-19/h2-3,6-11,16,19,22-23H,4-5,12-13H2,1H3/t16-,19-/m1/s1. The van der Waals surface area contributed by atoms with Gasteiger partial charge in [-0.3, -0.25) is 4.79 Å². The summed E-state index contributed by atoms with van der Waals surface area (Å²) in [6.07, 6.45) is 1.09. The van der Waals surface area contributed by atoms with E-state index in [2.05, 4.69) is 14.8 Å². The number of hydrogen-bond acceptors (Lipinski definition) is 6. The van der Waals surface area contributed by atoms with Gasteiger partial charge in [0, 0.05) is 24.6 Å². The lowest BCUT2D eigenvalue weighted by atomic mass is 9.94. The average molecular weight is 429 g/mol. The van der Waals surface area contributed by atoms with Crippen LogP contribution in [0.3, 0.4) is 0 Å². The molecule has 2 heterocycles. The monoisotopic (exact) mass is 429 g/mol. The van der Waals surface area contributed by atoms with Crippen molar-refractivity contribution in [3.63, 3.8) is 0 Å². The Hall–Kier alpha value is -2.91. The summed E-state index contributed by atoms with van der Waals surface area (Å²) in [4.78, 5) is 26.5. The Balaban J connectivity index is 1.48. The first-order chi connectivity index (χ1) is 14.4. The SMILES string of the molecule is COC(=O)c1ccc(C(=O)N2CCC[C@@H]([C@@H]3Nc4ccccc4S(=O)(=O)N3)C2)cc1. The van der Waals surface area contributed by atoms with E-state index in [0.717, 1.165) is 12.8 Å². The molecule has 2 N–H and O–H groups in total. The molecule has 9 heteroatoms. The first-order valence-corrected chi connectivity index (χ1v) is 11.2. The number of fused-ring (bicyclic) bond motifs is 1. The molecule has 2 aromatic rings. The van der Waals surface area contributed by atoms with E-state index in [1.165, 1.54) is 7.11 Å². The molecule has 0 bridgehead atoms. The number of amides is 1. The number of carbonyl (C=O) groups is 2. The smallest absolute Gasteiger partial charge is 0.337 e. The number of benzene rings is 2. The summed E-state index contributed by atoms with van der Waals surface area (Å²) < 4.78 is 32.6. The van der Waals surface area contributed by atoms with E-state index < -0.39 is 22.2 Å². The molecule has 2 atom stereocenters. The van der Waals surface area contributed by atoms with Crippen LogP contribution in [0.5, 0.6) is 0 Å². The van der Waals surface area contributed by atoms with Gasteiger partial charge in [-0.15, -0.1) is 0 Å². The molecule has 2 aromatic carbocycles. The number of piperidine rings is 1. The van der Waals surface area contributed by atoms with Gasteiger partial charge in [-0.2, -0.15) is 4.72 Å². The number of sulfonamides is 1. The van der Waals surface area contributed by atoms with Crippen LogP contribution in [0.25, 0.3) is 0 Å². The van der Waals surface area contributed by atoms with Crippen molar-refractivity contribution in [2.24, 2.45) is 5.92 Å². The summed E-state index contributed by atoms with van der Waals surface area (Å²) in [7, 11) is -2.30. The molecule has 0 aromatic heterocycles. The van der Waals surface area contributed by atoms with Gasteiger partial charge in [0.15, 0.2) is 0 Å². The second kappa shape index (κ2) is 8.08. The molecule has 158 valence electrons. The van der Waals surface area contributed by atoms with Crippen LogP contribution in [0, 0.1) is 5.92 Å². The van der Waals surface area contributed by atoms with Crippen LogP contribution in [0.15, 0.2) is 53.4 Å². The maximum Gasteiger partial charge on any atom is 0.337 e. The first-order valence-electron chi connectivity index (χ1n) is 9.74. The second-order valence-electron chi connectivity index (χ2n) is 7.46. The molecule has 0 unspecified atom stereocenters. The molecule has 0 aliphatic carbocycles. The van der Waals surface area contributed by atoms with Crippen molar-refractivity contribution >= 4 is 27.6 Å². The average Bonchev–Trinajstić information content (AvgIpc) is 2.78. The van der Waals surface area contributed by atoms with Gasteiger partial charge in [0.05, 0.1) is 24.5 Å². The van der Waals surface area contributed by atoms with E-state index in [9.17, 15) is 18.0 Å². The molecule has 8 nitrogen and oxygen atoms in total. The van der Waals surface area contributed by atoms with Crippen LogP contribution >= 0.6 is 0 Å². The van der Waals surface area contributed by atoms with Gasteiger partial charge in [-0.1, -0.05) is 12.1 Å². The maximum atomic E-state index is 13.0. The van der Waals surface area contributed by atoms with Gasteiger partial charge >= 0.3 is 5.97 Å². The summed E-state index contributed by atoms with van der Waals surface area (Å²) >= 11 is 0. The summed E-state index contributed by atoms with van der Waals surface area (Å²) in [5, 5.41) is 3.27. The van der Waals surface area contributed by atoms with Crippen molar-refractivity contribution in [1.82, 2.24) is 9.62 Å². The van der Waals surface area contributed by atoms with Gasteiger partial charge in [0.25, 0.3) is 5.91 Å². The van der Waals surface area contributed by atoms with E-state index in [0.29, 0.717) is 29.9 Å². The van der Waals surface area contributed by atoms with Crippen LogP contribution in [-0.4, -0.2) is 51.6 Å². The fraction of sp³-hybridized carbons (Fsp3) is 0.333. The summed E-state index contributed by atoms with van der Waals surface area (Å²) in [6.45, 7) is 1.03. The normalized spacial score (nSPS) is 22.5. The third-order valence-electron chi connectivity index (χ3n) is 5.54. The van der Waals surface area contributed by atoms with Crippen molar-refractivity contribution in [1.29, 1.82) is 0 Å². The quantitative estimate of drug-likeness (QED) is 0.724. The van der Waals surface area contributed by atoms with E-state index in [4.69, 9.17) is 0 Å². The lowest BCUT2D eigenvalue weighted by molar-refractivity contribution is 0.0598. The minimum absolute atomic E-state index is 0.0693. The molecular weight excluding hydrogens is 406 g/mol. The molecule has 0 spiro atoms. The lowest BCUT2D eigenvalue weighted by Crippen LogP contribution is -2.54. The maximum absolute atomic E-state index is 13.0. The Morgan fingerprint density at radius 1 is 1.07 bits per heavy atom. The number of nitrogens with one attached hydrogen (secondary N) is 2. The first kappa shape index (κ1) is 20.4. The Morgan fingerprint density at radius 3 is 2.50 bits per heavy atom. The third kappa shape index (κ3) is 3.90. The number of anilines is 1. The highest BCUT2D eigenvalue weighted by atomic mass is 32.2.